The van der Waals surface area contributed by atoms with Gasteiger partial charge in [0, 0.05) is 25.6 Å². The third-order valence-electron chi connectivity index (χ3n) is 4.58. The first-order valence-electron chi connectivity index (χ1n) is 8.17. The Morgan fingerprint density at radius 1 is 1.30 bits per heavy atom. The van der Waals surface area contributed by atoms with E-state index in [4.69, 9.17) is 5.73 Å². The van der Waals surface area contributed by atoms with E-state index in [1.54, 1.807) is 6.33 Å². The van der Waals surface area contributed by atoms with Gasteiger partial charge in [-0.3, -0.25) is 4.79 Å². The molecule has 6 heteroatoms. The van der Waals surface area contributed by atoms with E-state index in [0.717, 1.165) is 43.9 Å². The summed E-state index contributed by atoms with van der Waals surface area (Å²) >= 11 is 0. The van der Waals surface area contributed by atoms with Crippen molar-refractivity contribution in [3.8, 4) is 0 Å². The largest absolute Gasteiger partial charge is 0.341 e. The Bertz CT molecular complexity index is 646. The zero-order chi connectivity index (χ0) is 16.2. The second-order valence-electron chi connectivity index (χ2n) is 5.96. The van der Waals surface area contributed by atoms with Gasteiger partial charge in [-0.1, -0.05) is 30.3 Å². The highest BCUT2D eigenvalue weighted by molar-refractivity contribution is 5.83. The molecule has 2 aromatic rings. The Morgan fingerprint density at radius 2 is 2.00 bits per heavy atom. The first-order valence-corrected chi connectivity index (χ1v) is 8.17. The van der Waals surface area contributed by atoms with Crippen LogP contribution in [0.15, 0.2) is 36.7 Å². The summed E-state index contributed by atoms with van der Waals surface area (Å²) in [7, 11) is 0. The third-order valence-corrected chi connectivity index (χ3v) is 4.58. The molecule has 3 rings (SSSR count). The monoisotopic (exact) mass is 313 g/mol. The zero-order valence-electron chi connectivity index (χ0n) is 13.4. The quantitative estimate of drug-likeness (QED) is 0.932. The number of hydrogen-bond acceptors (Lipinski definition) is 4. The molecule has 122 valence electrons. The molecule has 1 unspecified atom stereocenters. The lowest BCUT2D eigenvalue weighted by Crippen LogP contribution is -2.43. The van der Waals surface area contributed by atoms with Gasteiger partial charge in [0.25, 0.3) is 0 Å². The lowest BCUT2D eigenvalue weighted by Gasteiger charge is -2.33. The van der Waals surface area contributed by atoms with Crippen LogP contribution in [0.25, 0.3) is 0 Å². The summed E-state index contributed by atoms with van der Waals surface area (Å²) < 4.78 is 2.08. The zero-order valence-corrected chi connectivity index (χ0v) is 13.4. The van der Waals surface area contributed by atoms with Gasteiger partial charge < -0.3 is 15.2 Å². The molecule has 1 amide bonds. The van der Waals surface area contributed by atoms with E-state index in [0.29, 0.717) is 5.92 Å². The minimum Gasteiger partial charge on any atom is -0.341 e. The number of nitrogens with two attached hydrogens (primary N) is 1. The first kappa shape index (κ1) is 15.7. The van der Waals surface area contributed by atoms with Crippen LogP contribution in [-0.4, -0.2) is 38.7 Å². The molecule has 2 heterocycles. The van der Waals surface area contributed by atoms with Gasteiger partial charge in [-0.15, -0.1) is 10.2 Å². The van der Waals surface area contributed by atoms with Gasteiger partial charge in [0.15, 0.2) is 0 Å². The Labute approximate surface area is 136 Å². The van der Waals surface area contributed by atoms with Gasteiger partial charge in [-0.2, -0.15) is 0 Å². The number of carbonyl (C=O) groups excluding carboxylic acids is 1. The summed E-state index contributed by atoms with van der Waals surface area (Å²) in [5.41, 5.74) is 6.99. The second kappa shape index (κ2) is 6.91. The lowest BCUT2D eigenvalue weighted by atomic mass is 9.95. The normalized spacial score (nSPS) is 17.2. The van der Waals surface area contributed by atoms with E-state index in [-0.39, 0.29) is 5.91 Å². The second-order valence-corrected chi connectivity index (χ2v) is 5.96. The van der Waals surface area contributed by atoms with Crippen molar-refractivity contribution in [1.29, 1.82) is 0 Å². The molecule has 23 heavy (non-hydrogen) atoms. The summed E-state index contributed by atoms with van der Waals surface area (Å²) in [5, 5.41) is 8.25. The summed E-state index contributed by atoms with van der Waals surface area (Å²) in [4.78, 5) is 14.5. The third kappa shape index (κ3) is 3.27. The van der Waals surface area contributed by atoms with Crippen molar-refractivity contribution in [3.05, 3.63) is 48.0 Å². The van der Waals surface area contributed by atoms with Crippen LogP contribution in [-0.2, 0) is 11.3 Å². The van der Waals surface area contributed by atoms with Crippen molar-refractivity contribution in [2.75, 3.05) is 13.1 Å². The molecule has 1 aromatic carbocycles. The van der Waals surface area contributed by atoms with Crippen molar-refractivity contribution in [2.45, 2.75) is 38.3 Å². The van der Waals surface area contributed by atoms with E-state index < -0.39 is 6.04 Å². The topological polar surface area (TPSA) is 77.0 Å². The highest BCUT2D eigenvalue weighted by atomic mass is 16.2. The van der Waals surface area contributed by atoms with Crippen molar-refractivity contribution in [2.24, 2.45) is 5.73 Å². The van der Waals surface area contributed by atoms with E-state index >= 15 is 0 Å². The number of benzene rings is 1. The number of aryl methyl sites for hydroxylation is 1. The fourth-order valence-corrected chi connectivity index (χ4v) is 3.18. The number of hydrogen-bond donors (Lipinski definition) is 1. The van der Waals surface area contributed by atoms with Crippen molar-refractivity contribution >= 4 is 5.91 Å². The molecule has 0 saturated carbocycles. The van der Waals surface area contributed by atoms with Gasteiger partial charge >= 0.3 is 0 Å². The predicted molar refractivity (Wildman–Crippen MR) is 87.6 cm³/mol. The Balaban J connectivity index is 1.61. The predicted octanol–water partition coefficient (Wildman–Crippen LogP) is 1.70. The van der Waals surface area contributed by atoms with Crippen LogP contribution in [0.3, 0.4) is 0 Å². The van der Waals surface area contributed by atoms with Crippen LogP contribution in [0.1, 0.15) is 43.1 Å². The molecule has 1 atom stereocenters. The maximum atomic E-state index is 12.6. The summed E-state index contributed by atoms with van der Waals surface area (Å²) in [6.07, 6.45) is 3.59. The van der Waals surface area contributed by atoms with Crippen molar-refractivity contribution in [1.82, 2.24) is 19.7 Å². The number of carbonyl (C=O) groups is 1. The van der Waals surface area contributed by atoms with Crippen molar-refractivity contribution in [3.63, 3.8) is 0 Å². The Kier molecular flexibility index (Phi) is 4.71. The first-order chi connectivity index (χ1) is 11.2. The molecule has 2 N–H and O–H groups in total. The van der Waals surface area contributed by atoms with Crippen LogP contribution >= 0.6 is 0 Å². The number of rotatable bonds is 4. The Morgan fingerprint density at radius 3 is 2.65 bits per heavy atom. The summed E-state index contributed by atoms with van der Waals surface area (Å²) in [5.74, 6) is 1.41. The van der Waals surface area contributed by atoms with E-state index in [1.165, 1.54) is 0 Å². The van der Waals surface area contributed by atoms with Crippen LogP contribution in [0, 0.1) is 0 Å². The van der Waals surface area contributed by atoms with E-state index in [2.05, 4.69) is 21.7 Å². The molecular weight excluding hydrogens is 290 g/mol. The molecular formula is C17H23N5O. The minimum absolute atomic E-state index is 0.00612. The van der Waals surface area contributed by atoms with Crippen LogP contribution < -0.4 is 5.73 Å². The van der Waals surface area contributed by atoms with Crippen LogP contribution in [0.4, 0.5) is 0 Å². The molecule has 0 aliphatic carbocycles. The molecule has 1 aromatic heterocycles. The number of nitrogens with zero attached hydrogens (tertiary/aromatic N) is 4. The van der Waals surface area contributed by atoms with E-state index in [9.17, 15) is 4.79 Å². The van der Waals surface area contributed by atoms with Crippen molar-refractivity contribution < 1.29 is 4.79 Å². The molecule has 6 nitrogen and oxygen atoms in total. The summed E-state index contributed by atoms with van der Waals surface area (Å²) in [6, 6.07) is 8.97. The molecule has 0 bridgehead atoms. The SMILES string of the molecule is CCn1cnnc1C1CCN(C(=O)C(N)c2ccccc2)CC1. The fraction of sp³-hybridized carbons (Fsp3) is 0.471. The number of amides is 1. The molecule has 1 saturated heterocycles. The van der Waals surface area contributed by atoms with Gasteiger partial charge in [0.1, 0.15) is 18.2 Å². The average Bonchev–Trinajstić information content (AvgIpc) is 3.10. The Hall–Kier alpha value is -2.21. The smallest absolute Gasteiger partial charge is 0.244 e. The van der Waals surface area contributed by atoms with Gasteiger partial charge in [-0.05, 0) is 25.3 Å². The molecule has 1 aliphatic heterocycles. The molecule has 0 radical (unpaired) electrons. The summed E-state index contributed by atoms with van der Waals surface area (Å²) in [6.45, 7) is 4.41. The highest BCUT2D eigenvalue weighted by Crippen LogP contribution is 2.27. The number of piperidine rings is 1. The van der Waals surface area contributed by atoms with Gasteiger partial charge in [0.05, 0.1) is 0 Å². The standard InChI is InChI=1S/C17H23N5O/c1-2-21-12-19-20-16(21)14-8-10-22(11-9-14)17(23)15(18)13-6-4-3-5-7-13/h3-7,12,14-15H,2,8-11,18H2,1H3. The number of likely N-dealkylation sites (tertiary alicyclic amines) is 1. The highest BCUT2D eigenvalue weighted by Gasteiger charge is 2.29. The van der Waals surface area contributed by atoms with Gasteiger partial charge in [0.2, 0.25) is 5.91 Å². The maximum Gasteiger partial charge on any atom is 0.244 e. The average molecular weight is 313 g/mol. The van der Waals surface area contributed by atoms with Gasteiger partial charge in [-0.25, -0.2) is 0 Å². The van der Waals surface area contributed by atoms with E-state index in [1.807, 2.05) is 35.2 Å². The lowest BCUT2D eigenvalue weighted by molar-refractivity contribution is -0.133. The minimum atomic E-state index is -0.577. The fourth-order valence-electron chi connectivity index (χ4n) is 3.18. The number of aromatic nitrogens is 3. The molecule has 1 fully saturated rings. The van der Waals surface area contributed by atoms with Crippen LogP contribution in [0.2, 0.25) is 0 Å². The molecule has 1 aliphatic rings. The maximum absolute atomic E-state index is 12.6. The molecule has 0 spiro atoms. The van der Waals surface area contributed by atoms with Crippen LogP contribution in [0.5, 0.6) is 0 Å².